The quantitative estimate of drug-likeness (QED) is 0.726. The minimum Gasteiger partial charge on any atom is -0.331 e. The maximum absolute atomic E-state index is 13.0. The SMILES string of the molecule is O=C(Cn1cnc2ccccc21)N1C2CCC1c1cncnc1C2. The van der Waals surface area contributed by atoms with Crippen LogP contribution in [0.4, 0.5) is 0 Å². The predicted molar refractivity (Wildman–Crippen MR) is 88.1 cm³/mol. The number of hydrogen-bond donors (Lipinski definition) is 0. The van der Waals surface area contributed by atoms with Crippen LogP contribution in [-0.2, 0) is 17.8 Å². The summed E-state index contributed by atoms with van der Waals surface area (Å²) in [6.07, 6.45) is 8.12. The van der Waals surface area contributed by atoms with Crippen LogP contribution in [0.25, 0.3) is 11.0 Å². The van der Waals surface area contributed by atoms with Crippen molar-refractivity contribution in [3.63, 3.8) is 0 Å². The first-order chi connectivity index (χ1) is 11.8. The van der Waals surface area contributed by atoms with Gasteiger partial charge in [-0.3, -0.25) is 4.79 Å². The monoisotopic (exact) mass is 319 g/mol. The summed E-state index contributed by atoms with van der Waals surface area (Å²) in [4.78, 5) is 28.0. The van der Waals surface area contributed by atoms with Gasteiger partial charge in [0.1, 0.15) is 12.9 Å². The highest BCUT2D eigenvalue weighted by atomic mass is 16.2. The van der Waals surface area contributed by atoms with E-state index in [0.717, 1.165) is 41.6 Å². The molecule has 0 aliphatic carbocycles. The Morgan fingerprint density at radius 2 is 2.12 bits per heavy atom. The van der Waals surface area contributed by atoms with Gasteiger partial charge in [0.25, 0.3) is 0 Å². The molecule has 120 valence electrons. The average Bonchev–Trinajstić information content (AvgIpc) is 3.16. The van der Waals surface area contributed by atoms with Gasteiger partial charge < -0.3 is 9.47 Å². The lowest BCUT2D eigenvalue weighted by Gasteiger charge is -2.35. The number of benzene rings is 1. The maximum Gasteiger partial charge on any atom is 0.243 e. The van der Waals surface area contributed by atoms with Crippen molar-refractivity contribution in [1.29, 1.82) is 0 Å². The predicted octanol–water partition coefficient (Wildman–Crippen LogP) is 2.11. The molecule has 24 heavy (non-hydrogen) atoms. The zero-order valence-corrected chi connectivity index (χ0v) is 13.2. The number of aromatic nitrogens is 4. The molecule has 2 unspecified atom stereocenters. The Kier molecular flexibility index (Phi) is 2.92. The fraction of sp³-hybridized carbons (Fsp3) is 0.333. The molecule has 5 rings (SSSR count). The Morgan fingerprint density at radius 3 is 3.08 bits per heavy atom. The standard InChI is InChI=1S/C18H17N5O/c24-18(9-22-11-21-14-3-1-2-4-17(14)22)23-12-5-6-16(23)13-8-19-10-20-15(13)7-12/h1-4,8,10-12,16H,5-7,9H2. The summed E-state index contributed by atoms with van der Waals surface area (Å²) >= 11 is 0. The van der Waals surface area contributed by atoms with Crippen LogP contribution in [-0.4, -0.2) is 36.4 Å². The van der Waals surface area contributed by atoms with Crippen molar-refractivity contribution in [2.45, 2.75) is 37.9 Å². The number of fused-ring (bicyclic) bond motifs is 5. The molecule has 0 radical (unpaired) electrons. The minimum absolute atomic E-state index is 0.127. The number of imidazole rings is 1. The highest BCUT2D eigenvalue weighted by Crippen LogP contribution is 2.42. The summed E-state index contributed by atoms with van der Waals surface area (Å²) in [5, 5.41) is 0. The molecule has 4 heterocycles. The first-order valence-corrected chi connectivity index (χ1v) is 8.31. The molecule has 1 amide bonds. The first-order valence-electron chi connectivity index (χ1n) is 8.31. The normalized spacial score (nSPS) is 21.9. The fourth-order valence-corrected chi connectivity index (χ4v) is 4.17. The second-order valence-electron chi connectivity index (χ2n) is 6.54. The average molecular weight is 319 g/mol. The van der Waals surface area contributed by atoms with Gasteiger partial charge in [-0.05, 0) is 25.0 Å². The molecule has 0 N–H and O–H groups in total. The molecule has 1 saturated heterocycles. The molecule has 6 nitrogen and oxygen atoms in total. The Balaban J connectivity index is 1.46. The van der Waals surface area contributed by atoms with E-state index in [0.29, 0.717) is 6.54 Å². The molecule has 2 aliphatic rings. The Morgan fingerprint density at radius 1 is 1.21 bits per heavy atom. The highest BCUT2D eigenvalue weighted by Gasteiger charge is 2.43. The minimum atomic E-state index is 0.127. The van der Waals surface area contributed by atoms with Crippen molar-refractivity contribution in [1.82, 2.24) is 24.4 Å². The van der Waals surface area contributed by atoms with Crippen LogP contribution in [0.2, 0.25) is 0 Å². The number of hydrogen-bond acceptors (Lipinski definition) is 4. The van der Waals surface area contributed by atoms with Crippen molar-refractivity contribution in [3.05, 3.63) is 54.4 Å². The highest BCUT2D eigenvalue weighted by molar-refractivity contribution is 5.81. The van der Waals surface area contributed by atoms with Crippen LogP contribution in [0, 0.1) is 0 Å². The van der Waals surface area contributed by atoms with E-state index in [2.05, 4.69) is 19.9 Å². The van der Waals surface area contributed by atoms with E-state index < -0.39 is 0 Å². The molecule has 6 heteroatoms. The van der Waals surface area contributed by atoms with Gasteiger partial charge in [0.15, 0.2) is 0 Å². The lowest BCUT2D eigenvalue weighted by atomic mass is 9.99. The summed E-state index contributed by atoms with van der Waals surface area (Å²) < 4.78 is 1.94. The van der Waals surface area contributed by atoms with E-state index in [1.807, 2.05) is 35.0 Å². The van der Waals surface area contributed by atoms with E-state index in [4.69, 9.17) is 0 Å². The molecular formula is C18H17N5O. The second-order valence-corrected chi connectivity index (χ2v) is 6.54. The molecule has 1 aromatic carbocycles. The van der Waals surface area contributed by atoms with Gasteiger partial charge in [0.05, 0.1) is 29.1 Å². The third-order valence-corrected chi connectivity index (χ3v) is 5.24. The van der Waals surface area contributed by atoms with E-state index >= 15 is 0 Å². The Bertz CT molecular complexity index is 934. The fourth-order valence-electron chi connectivity index (χ4n) is 4.17. The van der Waals surface area contributed by atoms with Crippen LogP contribution in [0.15, 0.2) is 43.1 Å². The number of para-hydroxylation sites is 2. The van der Waals surface area contributed by atoms with E-state index in [-0.39, 0.29) is 18.0 Å². The lowest BCUT2D eigenvalue weighted by Crippen LogP contribution is -2.43. The van der Waals surface area contributed by atoms with Crippen LogP contribution in [0.3, 0.4) is 0 Å². The molecular weight excluding hydrogens is 302 g/mol. The van der Waals surface area contributed by atoms with Crippen LogP contribution >= 0.6 is 0 Å². The van der Waals surface area contributed by atoms with Crippen molar-refractivity contribution in [2.24, 2.45) is 0 Å². The van der Waals surface area contributed by atoms with Crippen LogP contribution in [0.5, 0.6) is 0 Å². The maximum atomic E-state index is 13.0. The molecule has 1 fully saturated rings. The number of carbonyl (C=O) groups excluding carboxylic acids is 1. The summed E-state index contributed by atoms with van der Waals surface area (Å²) in [6.45, 7) is 0.330. The molecule has 0 saturated carbocycles. The smallest absolute Gasteiger partial charge is 0.243 e. The Labute approximate surface area is 139 Å². The van der Waals surface area contributed by atoms with Gasteiger partial charge in [-0.25, -0.2) is 15.0 Å². The van der Waals surface area contributed by atoms with E-state index in [1.54, 1.807) is 12.7 Å². The van der Waals surface area contributed by atoms with Crippen molar-refractivity contribution in [3.8, 4) is 0 Å². The van der Waals surface area contributed by atoms with Crippen molar-refractivity contribution >= 4 is 16.9 Å². The zero-order chi connectivity index (χ0) is 16.1. The molecule has 2 aliphatic heterocycles. The number of carbonyl (C=O) groups is 1. The summed E-state index contributed by atoms with van der Waals surface area (Å²) in [6, 6.07) is 8.30. The van der Waals surface area contributed by atoms with Crippen LogP contribution in [0.1, 0.15) is 30.1 Å². The van der Waals surface area contributed by atoms with E-state index in [9.17, 15) is 4.79 Å². The Hall–Kier alpha value is -2.76. The van der Waals surface area contributed by atoms with Gasteiger partial charge in [-0.1, -0.05) is 12.1 Å². The lowest BCUT2D eigenvalue weighted by molar-refractivity contribution is -0.135. The third-order valence-electron chi connectivity index (χ3n) is 5.24. The summed E-state index contributed by atoms with van der Waals surface area (Å²) in [5.74, 6) is 0.153. The molecule has 0 spiro atoms. The number of rotatable bonds is 2. The van der Waals surface area contributed by atoms with Gasteiger partial charge >= 0.3 is 0 Å². The first kappa shape index (κ1) is 13.7. The third kappa shape index (κ3) is 1.95. The second kappa shape index (κ2) is 5.12. The summed E-state index contributed by atoms with van der Waals surface area (Å²) in [7, 11) is 0. The van der Waals surface area contributed by atoms with E-state index in [1.165, 1.54) is 0 Å². The molecule has 2 atom stereocenters. The van der Waals surface area contributed by atoms with Crippen LogP contribution < -0.4 is 0 Å². The van der Waals surface area contributed by atoms with Gasteiger partial charge in [0, 0.05) is 24.2 Å². The molecule has 3 aromatic rings. The molecule has 2 bridgehead atoms. The molecule has 2 aromatic heterocycles. The number of nitrogens with zero attached hydrogens (tertiary/aromatic N) is 5. The van der Waals surface area contributed by atoms with Crippen molar-refractivity contribution < 1.29 is 4.79 Å². The summed E-state index contributed by atoms with van der Waals surface area (Å²) in [5.41, 5.74) is 4.15. The number of amides is 1. The van der Waals surface area contributed by atoms with Gasteiger partial charge in [-0.2, -0.15) is 0 Å². The van der Waals surface area contributed by atoms with Crippen molar-refractivity contribution in [2.75, 3.05) is 0 Å². The topological polar surface area (TPSA) is 63.9 Å². The van der Waals surface area contributed by atoms with Gasteiger partial charge in [0.2, 0.25) is 5.91 Å². The zero-order valence-electron chi connectivity index (χ0n) is 13.2. The van der Waals surface area contributed by atoms with Gasteiger partial charge in [-0.15, -0.1) is 0 Å². The largest absolute Gasteiger partial charge is 0.331 e.